The second kappa shape index (κ2) is 9.34. The molecule has 0 unspecified atom stereocenters. The van der Waals surface area contributed by atoms with Crippen LogP contribution in [0.3, 0.4) is 0 Å². The first kappa shape index (κ1) is 16.5. The van der Waals surface area contributed by atoms with Crippen LogP contribution in [0, 0.1) is 0 Å². The van der Waals surface area contributed by atoms with E-state index in [0.717, 1.165) is 29.8 Å². The van der Waals surface area contributed by atoms with Crippen molar-refractivity contribution in [2.75, 3.05) is 19.8 Å². The van der Waals surface area contributed by atoms with Crippen molar-refractivity contribution in [1.29, 1.82) is 0 Å². The topological polar surface area (TPSA) is 30.5 Å². The molecule has 1 N–H and O–H groups in total. The van der Waals surface area contributed by atoms with Crippen LogP contribution in [-0.4, -0.2) is 25.9 Å². The fourth-order valence-corrected chi connectivity index (χ4v) is 2.01. The van der Waals surface area contributed by atoms with E-state index in [1.165, 1.54) is 5.56 Å². The van der Waals surface area contributed by atoms with Gasteiger partial charge in [0.1, 0.15) is 12.4 Å². The fourth-order valence-electron chi connectivity index (χ4n) is 1.60. The van der Waals surface area contributed by atoms with Crippen molar-refractivity contribution in [3.8, 4) is 5.75 Å². The van der Waals surface area contributed by atoms with Gasteiger partial charge < -0.3 is 14.8 Å². The van der Waals surface area contributed by atoms with Gasteiger partial charge >= 0.3 is 0 Å². The Morgan fingerprint density at radius 2 is 2.00 bits per heavy atom. The molecule has 0 bridgehead atoms. The van der Waals surface area contributed by atoms with Gasteiger partial charge in [0.2, 0.25) is 0 Å². The van der Waals surface area contributed by atoms with Gasteiger partial charge in [-0.15, -0.1) is 0 Å². The molecule has 1 aromatic rings. The van der Waals surface area contributed by atoms with Crippen molar-refractivity contribution in [1.82, 2.24) is 5.32 Å². The first-order valence-corrected chi connectivity index (χ1v) is 7.65. The maximum atomic E-state index is 5.79. The maximum Gasteiger partial charge on any atom is 0.123 e. The van der Waals surface area contributed by atoms with Crippen molar-refractivity contribution in [2.24, 2.45) is 0 Å². The van der Waals surface area contributed by atoms with Crippen molar-refractivity contribution in [3.05, 3.63) is 28.2 Å². The van der Waals surface area contributed by atoms with E-state index in [9.17, 15) is 0 Å². The summed E-state index contributed by atoms with van der Waals surface area (Å²) in [6.45, 7) is 9.21. The molecule has 19 heavy (non-hydrogen) atoms. The molecule has 0 aromatic heterocycles. The van der Waals surface area contributed by atoms with Crippen LogP contribution in [0.1, 0.15) is 32.8 Å². The highest BCUT2D eigenvalue weighted by Gasteiger charge is 2.05. The molecule has 0 radical (unpaired) electrons. The number of ether oxygens (including phenoxy) is 2. The van der Waals surface area contributed by atoms with Crippen molar-refractivity contribution < 1.29 is 9.47 Å². The Hall–Kier alpha value is -0.580. The number of halogens is 1. The van der Waals surface area contributed by atoms with Crippen LogP contribution in [0.2, 0.25) is 0 Å². The Morgan fingerprint density at radius 1 is 1.21 bits per heavy atom. The first-order chi connectivity index (χ1) is 9.13. The van der Waals surface area contributed by atoms with Gasteiger partial charge in [0.25, 0.3) is 0 Å². The summed E-state index contributed by atoms with van der Waals surface area (Å²) in [7, 11) is 0. The molecular formula is C15H24BrNO2. The van der Waals surface area contributed by atoms with E-state index >= 15 is 0 Å². The predicted molar refractivity (Wildman–Crippen MR) is 82.7 cm³/mol. The highest BCUT2D eigenvalue weighted by molar-refractivity contribution is 9.10. The molecule has 0 aliphatic rings. The second-order valence-electron chi connectivity index (χ2n) is 4.75. The molecule has 0 aliphatic heterocycles. The minimum atomic E-state index is 0.458. The first-order valence-electron chi connectivity index (χ1n) is 6.85. The maximum absolute atomic E-state index is 5.79. The van der Waals surface area contributed by atoms with Gasteiger partial charge in [-0.05, 0) is 24.6 Å². The van der Waals surface area contributed by atoms with Gasteiger partial charge in [0, 0.05) is 29.2 Å². The lowest BCUT2D eigenvalue weighted by Crippen LogP contribution is -2.22. The average molecular weight is 330 g/mol. The van der Waals surface area contributed by atoms with Crippen molar-refractivity contribution in [2.45, 2.75) is 39.8 Å². The number of hydrogen-bond donors (Lipinski definition) is 1. The van der Waals surface area contributed by atoms with Gasteiger partial charge in [0.15, 0.2) is 0 Å². The molecule has 0 saturated heterocycles. The number of benzene rings is 1. The molecular weight excluding hydrogens is 306 g/mol. The Bertz CT molecular complexity index is 369. The molecule has 0 atom stereocenters. The van der Waals surface area contributed by atoms with E-state index in [4.69, 9.17) is 9.47 Å². The molecule has 0 aliphatic carbocycles. The highest BCUT2D eigenvalue weighted by Crippen LogP contribution is 2.23. The van der Waals surface area contributed by atoms with E-state index in [2.05, 4.69) is 48.1 Å². The summed E-state index contributed by atoms with van der Waals surface area (Å²) in [4.78, 5) is 0. The minimum absolute atomic E-state index is 0.458. The lowest BCUT2D eigenvalue weighted by molar-refractivity contribution is 0.100. The third kappa shape index (κ3) is 6.95. The van der Waals surface area contributed by atoms with E-state index in [1.54, 1.807) is 0 Å². The summed E-state index contributed by atoms with van der Waals surface area (Å²) in [6, 6.07) is 6.56. The van der Waals surface area contributed by atoms with E-state index in [1.807, 2.05) is 12.1 Å². The van der Waals surface area contributed by atoms with Crippen LogP contribution < -0.4 is 10.1 Å². The summed E-state index contributed by atoms with van der Waals surface area (Å²) in [5, 5.41) is 3.41. The molecule has 0 spiro atoms. The van der Waals surface area contributed by atoms with Crippen LogP contribution >= 0.6 is 15.9 Å². The highest BCUT2D eigenvalue weighted by atomic mass is 79.9. The molecule has 1 aromatic carbocycles. The predicted octanol–water partition coefficient (Wildman–Crippen LogP) is 3.75. The molecule has 0 saturated carbocycles. The molecule has 4 heteroatoms. The fraction of sp³-hybridized carbons (Fsp3) is 0.600. The van der Waals surface area contributed by atoms with Crippen LogP contribution in [-0.2, 0) is 11.3 Å². The standard InChI is InChI=1S/C15H24BrNO2/c1-4-7-18-8-9-19-15-6-5-14(16)10-13(15)11-17-12(2)3/h5-6,10,12,17H,4,7-9,11H2,1-3H3. The molecule has 3 nitrogen and oxygen atoms in total. The van der Waals surface area contributed by atoms with Crippen LogP contribution in [0.4, 0.5) is 0 Å². The number of nitrogens with one attached hydrogen (secondary N) is 1. The monoisotopic (exact) mass is 329 g/mol. The summed E-state index contributed by atoms with van der Waals surface area (Å²) in [6.07, 6.45) is 1.04. The second-order valence-corrected chi connectivity index (χ2v) is 5.66. The zero-order valence-corrected chi connectivity index (χ0v) is 13.6. The SMILES string of the molecule is CCCOCCOc1ccc(Br)cc1CNC(C)C. The summed E-state index contributed by atoms with van der Waals surface area (Å²) < 4.78 is 12.3. The zero-order valence-electron chi connectivity index (χ0n) is 12.0. The van der Waals surface area contributed by atoms with E-state index in [-0.39, 0.29) is 0 Å². The average Bonchev–Trinajstić information content (AvgIpc) is 2.38. The molecule has 0 amide bonds. The molecule has 108 valence electrons. The largest absolute Gasteiger partial charge is 0.491 e. The number of rotatable bonds is 9. The van der Waals surface area contributed by atoms with Gasteiger partial charge in [-0.1, -0.05) is 36.7 Å². The lowest BCUT2D eigenvalue weighted by Gasteiger charge is -2.14. The van der Waals surface area contributed by atoms with Gasteiger partial charge in [-0.3, -0.25) is 0 Å². The summed E-state index contributed by atoms with van der Waals surface area (Å²) >= 11 is 3.50. The van der Waals surface area contributed by atoms with Crippen LogP contribution in [0.15, 0.2) is 22.7 Å². The summed E-state index contributed by atoms with van der Waals surface area (Å²) in [5.74, 6) is 0.927. The van der Waals surface area contributed by atoms with Crippen molar-refractivity contribution >= 4 is 15.9 Å². The molecule has 0 fully saturated rings. The van der Waals surface area contributed by atoms with Gasteiger partial charge in [0.05, 0.1) is 6.61 Å². The van der Waals surface area contributed by atoms with Crippen LogP contribution in [0.5, 0.6) is 5.75 Å². The van der Waals surface area contributed by atoms with Gasteiger partial charge in [-0.25, -0.2) is 0 Å². The Kier molecular flexibility index (Phi) is 8.10. The van der Waals surface area contributed by atoms with E-state index < -0.39 is 0 Å². The van der Waals surface area contributed by atoms with Gasteiger partial charge in [-0.2, -0.15) is 0 Å². The Balaban J connectivity index is 2.50. The molecule has 0 heterocycles. The Morgan fingerprint density at radius 3 is 2.68 bits per heavy atom. The zero-order chi connectivity index (χ0) is 14.1. The molecule has 1 rings (SSSR count). The van der Waals surface area contributed by atoms with Crippen molar-refractivity contribution in [3.63, 3.8) is 0 Å². The third-order valence-electron chi connectivity index (χ3n) is 2.56. The summed E-state index contributed by atoms with van der Waals surface area (Å²) in [5.41, 5.74) is 1.17. The normalized spacial score (nSPS) is 11.0. The lowest BCUT2D eigenvalue weighted by atomic mass is 10.2. The Labute approximate surface area is 124 Å². The van der Waals surface area contributed by atoms with E-state index in [0.29, 0.717) is 19.3 Å². The minimum Gasteiger partial charge on any atom is -0.491 e. The smallest absolute Gasteiger partial charge is 0.123 e. The third-order valence-corrected chi connectivity index (χ3v) is 3.05. The quantitative estimate of drug-likeness (QED) is 0.700. The number of hydrogen-bond acceptors (Lipinski definition) is 3. The van der Waals surface area contributed by atoms with Crippen LogP contribution in [0.25, 0.3) is 0 Å².